The molecule has 0 aromatic heterocycles. The first-order valence-electron chi connectivity index (χ1n) is 8.16. The molecule has 0 bridgehead atoms. The average molecular weight is 388 g/mol. The predicted molar refractivity (Wildman–Crippen MR) is 103 cm³/mol. The molecule has 3 N–H and O–H groups in total. The van der Waals surface area contributed by atoms with Gasteiger partial charge in [-0.2, -0.15) is 0 Å². The molecular weight excluding hydrogens is 365 g/mol. The summed E-state index contributed by atoms with van der Waals surface area (Å²) in [4.78, 5) is 12.0. The van der Waals surface area contributed by atoms with Gasteiger partial charge in [-0.05, 0) is 48.2 Å². The molecule has 7 heteroatoms. The number of rotatable bonds is 3. The zero-order valence-corrected chi connectivity index (χ0v) is 16.2. The number of benzene rings is 1. The molecule has 0 heterocycles. The van der Waals surface area contributed by atoms with Crippen LogP contribution < -0.4 is 16.2 Å². The molecule has 1 amide bonds. The number of thiocarbonyl (C=S) groups is 1. The molecule has 1 aromatic carbocycles. The lowest BCUT2D eigenvalue weighted by atomic mass is 9.78. The van der Waals surface area contributed by atoms with Crippen molar-refractivity contribution >= 4 is 46.4 Å². The second-order valence-corrected chi connectivity index (χ2v) is 7.67. The van der Waals surface area contributed by atoms with Gasteiger partial charge in [-0.1, -0.05) is 56.0 Å². The van der Waals surface area contributed by atoms with Crippen molar-refractivity contribution in [1.29, 1.82) is 0 Å². The Morgan fingerprint density at radius 1 is 1.21 bits per heavy atom. The smallest absolute Gasteiger partial charge is 0.242 e. The van der Waals surface area contributed by atoms with E-state index in [9.17, 15) is 4.79 Å². The summed E-state index contributed by atoms with van der Waals surface area (Å²) in [5.41, 5.74) is 6.17. The molecule has 0 radical (unpaired) electrons. The number of nitrogens with one attached hydrogen (secondary N) is 3. The van der Waals surface area contributed by atoms with Crippen molar-refractivity contribution < 1.29 is 4.79 Å². The van der Waals surface area contributed by atoms with Crippen LogP contribution in [0.2, 0.25) is 10.0 Å². The summed E-state index contributed by atoms with van der Waals surface area (Å²) in [7, 11) is 0. The molecular formula is C17H23Cl2N3OS. The molecule has 0 saturated heterocycles. The molecule has 1 aliphatic rings. The lowest BCUT2D eigenvalue weighted by Crippen LogP contribution is -2.52. The number of hydrogen-bond donors (Lipinski definition) is 3. The average Bonchev–Trinajstić information content (AvgIpc) is 2.53. The van der Waals surface area contributed by atoms with Crippen LogP contribution in [0.3, 0.4) is 0 Å². The standard InChI is InChI=1S/C17H23Cl2N3OS/c1-10-4-3-5-15(11(10)2)20-17(24)22-21-16(23)9-12-6-7-13(18)14(19)8-12/h6-8,10-11,15H,3-5,9H2,1-2H3,(H,21,23)(H2,20,22,24)/t10-,11-,15+/m1/s1. The van der Waals surface area contributed by atoms with Crippen molar-refractivity contribution in [3.05, 3.63) is 33.8 Å². The number of hydrogen-bond acceptors (Lipinski definition) is 2. The minimum absolute atomic E-state index is 0.192. The van der Waals surface area contributed by atoms with E-state index < -0.39 is 0 Å². The second kappa shape index (κ2) is 8.88. The van der Waals surface area contributed by atoms with Gasteiger partial charge in [0, 0.05) is 6.04 Å². The first kappa shape index (κ1) is 19.3. The summed E-state index contributed by atoms with van der Waals surface area (Å²) >= 11 is 17.1. The maximum Gasteiger partial charge on any atom is 0.242 e. The van der Waals surface area contributed by atoms with E-state index in [1.807, 2.05) is 0 Å². The van der Waals surface area contributed by atoms with Gasteiger partial charge in [0.2, 0.25) is 5.91 Å². The SMILES string of the molecule is C[C@@H]1[C@H](C)CCC[C@@H]1NC(=S)NNC(=O)Cc1ccc(Cl)c(Cl)c1. The predicted octanol–water partition coefficient (Wildman–Crippen LogP) is 3.86. The van der Waals surface area contributed by atoms with Gasteiger partial charge in [0.25, 0.3) is 0 Å². The highest BCUT2D eigenvalue weighted by molar-refractivity contribution is 7.80. The van der Waals surface area contributed by atoms with E-state index in [2.05, 4.69) is 30.0 Å². The zero-order valence-electron chi connectivity index (χ0n) is 13.9. The third kappa shape index (κ3) is 5.50. The Balaban J connectivity index is 1.76. The van der Waals surface area contributed by atoms with E-state index in [-0.39, 0.29) is 12.3 Å². The van der Waals surface area contributed by atoms with Gasteiger partial charge >= 0.3 is 0 Å². The zero-order chi connectivity index (χ0) is 17.7. The number of halogens is 2. The minimum atomic E-state index is -0.192. The molecule has 132 valence electrons. The molecule has 1 saturated carbocycles. The van der Waals surface area contributed by atoms with Crippen LogP contribution in [-0.4, -0.2) is 17.1 Å². The highest BCUT2D eigenvalue weighted by Gasteiger charge is 2.27. The largest absolute Gasteiger partial charge is 0.358 e. The van der Waals surface area contributed by atoms with Crippen LogP contribution in [0.25, 0.3) is 0 Å². The van der Waals surface area contributed by atoms with Crippen LogP contribution >= 0.6 is 35.4 Å². The van der Waals surface area contributed by atoms with E-state index in [0.29, 0.717) is 33.0 Å². The molecule has 1 aromatic rings. The summed E-state index contributed by atoms with van der Waals surface area (Å²) in [6, 6.07) is 5.49. The van der Waals surface area contributed by atoms with Gasteiger partial charge in [-0.25, -0.2) is 0 Å². The molecule has 0 spiro atoms. The Bertz CT molecular complexity index is 611. The van der Waals surface area contributed by atoms with Crippen LogP contribution in [-0.2, 0) is 11.2 Å². The molecule has 1 fully saturated rings. The normalized spacial score (nSPS) is 23.4. The molecule has 0 aliphatic heterocycles. The monoisotopic (exact) mass is 387 g/mol. The summed E-state index contributed by atoms with van der Waals surface area (Å²) in [5, 5.41) is 4.66. The summed E-state index contributed by atoms with van der Waals surface area (Å²) in [5.74, 6) is 1.05. The highest BCUT2D eigenvalue weighted by Crippen LogP contribution is 2.29. The Morgan fingerprint density at radius 2 is 1.96 bits per heavy atom. The Kier molecular flexibility index (Phi) is 7.14. The number of carbonyl (C=O) groups excluding carboxylic acids is 1. The topological polar surface area (TPSA) is 53.2 Å². The van der Waals surface area contributed by atoms with Crippen LogP contribution in [0.5, 0.6) is 0 Å². The minimum Gasteiger partial charge on any atom is -0.358 e. The van der Waals surface area contributed by atoms with Crippen molar-refractivity contribution in [2.75, 3.05) is 0 Å². The van der Waals surface area contributed by atoms with E-state index >= 15 is 0 Å². The second-order valence-electron chi connectivity index (χ2n) is 6.45. The van der Waals surface area contributed by atoms with E-state index in [0.717, 1.165) is 12.0 Å². The fourth-order valence-electron chi connectivity index (χ4n) is 3.00. The molecule has 24 heavy (non-hydrogen) atoms. The molecule has 3 atom stereocenters. The van der Waals surface area contributed by atoms with Crippen molar-refractivity contribution in [3.8, 4) is 0 Å². The quantitative estimate of drug-likeness (QED) is 0.544. The number of hydrazine groups is 1. The van der Waals surface area contributed by atoms with Gasteiger partial charge in [0.05, 0.1) is 16.5 Å². The number of carbonyl (C=O) groups is 1. The van der Waals surface area contributed by atoms with Crippen LogP contribution in [0.4, 0.5) is 0 Å². The van der Waals surface area contributed by atoms with Gasteiger partial charge in [-0.3, -0.25) is 15.6 Å². The molecule has 2 rings (SSSR count). The maximum atomic E-state index is 12.0. The van der Waals surface area contributed by atoms with E-state index in [1.165, 1.54) is 12.8 Å². The summed E-state index contributed by atoms with van der Waals surface area (Å²) < 4.78 is 0. The fraction of sp³-hybridized carbons (Fsp3) is 0.529. The Morgan fingerprint density at radius 3 is 2.67 bits per heavy atom. The van der Waals surface area contributed by atoms with Gasteiger partial charge in [-0.15, -0.1) is 0 Å². The summed E-state index contributed by atoms with van der Waals surface area (Å²) in [6.45, 7) is 4.51. The van der Waals surface area contributed by atoms with Gasteiger partial charge < -0.3 is 5.32 Å². The molecule has 0 unspecified atom stereocenters. The van der Waals surface area contributed by atoms with Crippen LogP contribution in [0, 0.1) is 11.8 Å². The van der Waals surface area contributed by atoms with Gasteiger partial charge in [0.1, 0.15) is 0 Å². The third-order valence-electron chi connectivity index (χ3n) is 4.69. The lowest BCUT2D eigenvalue weighted by Gasteiger charge is -2.35. The first-order chi connectivity index (χ1) is 11.4. The molecule has 1 aliphatic carbocycles. The summed E-state index contributed by atoms with van der Waals surface area (Å²) in [6.07, 6.45) is 3.77. The fourth-order valence-corrected chi connectivity index (χ4v) is 3.52. The van der Waals surface area contributed by atoms with E-state index in [4.69, 9.17) is 35.4 Å². The van der Waals surface area contributed by atoms with Crippen LogP contribution in [0.15, 0.2) is 18.2 Å². The first-order valence-corrected chi connectivity index (χ1v) is 9.32. The highest BCUT2D eigenvalue weighted by atomic mass is 35.5. The van der Waals surface area contributed by atoms with Crippen molar-refractivity contribution in [3.63, 3.8) is 0 Å². The lowest BCUT2D eigenvalue weighted by molar-refractivity contribution is -0.121. The third-order valence-corrected chi connectivity index (χ3v) is 5.65. The van der Waals surface area contributed by atoms with Crippen molar-refractivity contribution in [2.24, 2.45) is 11.8 Å². The molecule has 4 nitrogen and oxygen atoms in total. The number of amides is 1. The van der Waals surface area contributed by atoms with E-state index in [1.54, 1.807) is 18.2 Å². The van der Waals surface area contributed by atoms with Gasteiger partial charge in [0.15, 0.2) is 5.11 Å². The van der Waals surface area contributed by atoms with Crippen molar-refractivity contribution in [1.82, 2.24) is 16.2 Å². The maximum absolute atomic E-state index is 12.0. The van der Waals surface area contributed by atoms with Crippen molar-refractivity contribution in [2.45, 2.75) is 45.6 Å². The Hall–Kier alpha value is -1.04. The Labute approximate surface area is 158 Å². The van der Waals surface area contributed by atoms with Crippen LogP contribution in [0.1, 0.15) is 38.7 Å².